The molecule has 1 aliphatic rings. The minimum atomic E-state index is -0.815. The third-order valence-electron chi connectivity index (χ3n) is 4.79. The van der Waals surface area contributed by atoms with Gasteiger partial charge in [0.05, 0.1) is 32.9 Å². The Morgan fingerprint density at radius 1 is 1.03 bits per heavy atom. The zero-order valence-electron chi connectivity index (χ0n) is 16.8. The Labute approximate surface area is 166 Å². The number of methoxy groups -OCH3 is 3. The molecule has 1 aromatic heterocycles. The molecule has 0 fully saturated rings. The summed E-state index contributed by atoms with van der Waals surface area (Å²) in [5.41, 5.74) is -0.367. The van der Waals surface area contributed by atoms with Crippen molar-refractivity contribution in [3.63, 3.8) is 0 Å². The lowest BCUT2D eigenvalue weighted by Gasteiger charge is -2.29. The second-order valence-corrected chi connectivity index (χ2v) is 6.52. The molecule has 1 atom stereocenters. The van der Waals surface area contributed by atoms with Crippen LogP contribution in [-0.4, -0.2) is 36.9 Å². The Hall–Kier alpha value is -3.43. The van der Waals surface area contributed by atoms with E-state index in [0.717, 1.165) is 12.8 Å². The molecule has 1 aliphatic heterocycles. The van der Waals surface area contributed by atoms with Gasteiger partial charge in [0, 0.05) is 6.54 Å². The number of carbonyl (C=O) groups excluding carboxylic acids is 1. The first kappa shape index (κ1) is 20.3. The second-order valence-electron chi connectivity index (χ2n) is 6.52. The van der Waals surface area contributed by atoms with Gasteiger partial charge in [-0.15, -0.1) is 0 Å². The number of hydrogen-bond donors (Lipinski definition) is 3. The fourth-order valence-electron chi connectivity index (χ4n) is 3.38. The molecule has 2 amide bonds. The number of amides is 2. The van der Waals surface area contributed by atoms with Crippen LogP contribution in [0.3, 0.4) is 0 Å². The Morgan fingerprint density at radius 3 is 2.24 bits per heavy atom. The number of rotatable bonds is 7. The van der Waals surface area contributed by atoms with Crippen molar-refractivity contribution in [2.75, 3.05) is 26.6 Å². The van der Waals surface area contributed by atoms with Crippen LogP contribution in [0, 0.1) is 0 Å². The maximum absolute atomic E-state index is 12.7. The molecule has 10 heteroatoms. The largest absolute Gasteiger partial charge is 0.493 e. The van der Waals surface area contributed by atoms with Crippen molar-refractivity contribution in [1.82, 2.24) is 14.9 Å². The van der Waals surface area contributed by atoms with Gasteiger partial charge < -0.3 is 19.5 Å². The Morgan fingerprint density at radius 2 is 1.69 bits per heavy atom. The van der Waals surface area contributed by atoms with Crippen LogP contribution in [-0.2, 0) is 6.54 Å². The zero-order chi connectivity index (χ0) is 21.1. The summed E-state index contributed by atoms with van der Waals surface area (Å²) in [5.74, 6) is 1.34. The lowest BCUT2D eigenvalue weighted by Crippen LogP contribution is -2.46. The highest BCUT2D eigenvalue weighted by atomic mass is 16.5. The number of aromatic amines is 1. The maximum Gasteiger partial charge on any atom is 0.329 e. The number of ether oxygens (including phenoxy) is 3. The number of hydrogen-bond acceptors (Lipinski definition) is 6. The number of H-pyrrole nitrogens is 1. The van der Waals surface area contributed by atoms with Gasteiger partial charge in [0.1, 0.15) is 5.82 Å². The van der Waals surface area contributed by atoms with Crippen molar-refractivity contribution in [2.45, 2.75) is 32.4 Å². The molecule has 3 rings (SSSR count). The summed E-state index contributed by atoms with van der Waals surface area (Å²) in [5, 5.41) is 5.34. The van der Waals surface area contributed by atoms with E-state index in [-0.39, 0.29) is 11.4 Å². The number of nitrogens with one attached hydrogen (secondary N) is 3. The smallest absolute Gasteiger partial charge is 0.329 e. The van der Waals surface area contributed by atoms with Gasteiger partial charge in [0.15, 0.2) is 11.5 Å². The highest BCUT2D eigenvalue weighted by Gasteiger charge is 2.32. The van der Waals surface area contributed by atoms with Crippen LogP contribution < -0.4 is 36.1 Å². The number of benzene rings is 1. The van der Waals surface area contributed by atoms with Crippen LogP contribution in [0.2, 0.25) is 0 Å². The SMILES string of the molecule is CCCCn1c2c(c(=O)[nH]c1=O)C(c1cc(OC)c(OC)c(OC)c1)NC(=O)N2. The number of fused-ring (bicyclic) bond motifs is 1. The summed E-state index contributed by atoms with van der Waals surface area (Å²) in [6.07, 6.45) is 1.57. The van der Waals surface area contributed by atoms with E-state index in [0.29, 0.717) is 29.4 Å². The highest BCUT2D eigenvalue weighted by molar-refractivity contribution is 5.92. The first-order valence-electron chi connectivity index (χ1n) is 9.19. The van der Waals surface area contributed by atoms with Gasteiger partial charge in [0.25, 0.3) is 5.56 Å². The normalized spacial score (nSPS) is 15.2. The number of urea groups is 1. The molecule has 0 spiro atoms. The van der Waals surface area contributed by atoms with Crippen LogP contribution in [0.5, 0.6) is 17.2 Å². The molecule has 10 nitrogen and oxygen atoms in total. The number of unbranched alkanes of at least 4 members (excludes halogenated alkanes) is 1. The first-order valence-corrected chi connectivity index (χ1v) is 9.19. The minimum Gasteiger partial charge on any atom is -0.493 e. The van der Waals surface area contributed by atoms with Gasteiger partial charge >= 0.3 is 11.7 Å². The molecule has 2 heterocycles. The van der Waals surface area contributed by atoms with Crippen LogP contribution >= 0.6 is 0 Å². The molecular formula is C19H24N4O6. The van der Waals surface area contributed by atoms with Crippen LogP contribution in [0.4, 0.5) is 10.6 Å². The van der Waals surface area contributed by atoms with Crippen LogP contribution in [0.25, 0.3) is 0 Å². The van der Waals surface area contributed by atoms with E-state index < -0.39 is 23.3 Å². The third-order valence-corrected chi connectivity index (χ3v) is 4.79. The highest BCUT2D eigenvalue weighted by Crippen LogP contribution is 2.41. The lowest BCUT2D eigenvalue weighted by atomic mass is 9.97. The summed E-state index contributed by atoms with van der Waals surface area (Å²) in [6.45, 7) is 2.36. The molecule has 1 aromatic carbocycles. The van der Waals surface area contributed by atoms with Gasteiger partial charge in [-0.25, -0.2) is 9.59 Å². The molecule has 0 radical (unpaired) electrons. The summed E-state index contributed by atoms with van der Waals surface area (Å²) < 4.78 is 17.5. The standard InChI is InChI=1S/C19H24N4O6/c1-5-6-7-23-16-13(17(24)22-19(23)26)14(20-18(25)21-16)10-8-11(27-2)15(29-4)12(9-10)28-3/h8-9,14H,5-7H2,1-4H3,(H2,20,21,25)(H,22,24,26). The lowest BCUT2D eigenvalue weighted by molar-refractivity contribution is 0.248. The topological polar surface area (TPSA) is 124 Å². The van der Waals surface area contributed by atoms with Gasteiger partial charge in [-0.1, -0.05) is 13.3 Å². The van der Waals surface area contributed by atoms with Gasteiger partial charge in [0.2, 0.25) is 5.75 Å². The molecule has 0 bridgehead atoms. The van der Waals surface area contributed by atoms with E-state index in [1.807, 2.05) is 6.92 Å². The molecule has 156 valence electrons. The molecule has 1 unspecified atom stereocenters. The number of aromatic nitrogens is 2. The third kappa shape index (κ3) is 3.65. The van der Waals surface area contributed by atoms with Gasteiger partial charge in [-0.05, 0) is 24.1 Å². The van der Waals surface area contributed by atoms with Gasteiger partial charge in [-0.2, -0.15) is 0 Å². The average Bonchev–Trinajstić information content (AvgIpc) is 2.71. The molecule has 3 N–H and O–H groups in total. The fraction of sp³-hybridized carbons (Fsp3) is 0.421. The Bertz CT molecular complexity index is 1020. The van der Waals surface area contributed by atoms with Crippen molar-refractivity contribution >= 4 is 11.8 Å². The van der Waals surface area contributed by atoms with E-state index in [4.69, 9.17) is 14.2 Å². The molecule has 0 saturated heterocycles. The van der Waals surface area contributed by atoms with E-state index in [9.17, 15) is 14.4 Å². The Balaban J connectivity index is 2.23. The van der Waals surface area contributed by atoms with E-state index in [1.165, 1.54) is 25.9 Å². The quantitative estimate of drug-likeness (QED) is 0.644. The van der Waals surface area contributed by atoms with Crippen molar-refractivity contribution in [2.24, 2.45) is 0 Å². The van der Waals surface area contributed by atoms with E-state index in [1.54, 1.807) is 12.1 Å². The van der Waals surface area contributed by atoms with Crippen LogP contribution in [0.1, 0.15) is 36.9 Å². The monoisotopic (exact) mass is 404 g/mol. The number of carbonyl (C=O) groups is 1. The molecule has 0 aliphatic carbocycles. The summed E-state index contributed by atoms with van der Waals surface area (Å²) in [6, 6.07) is 1.97. The number of anilines is 1. The average molecular weight is 404 g/mol. The van der Waals surface area contributed by atoms with E-state index >= 15 is 0 Å². The predicted octanol–water partition coefficient (Wildman–Crippen LogP) is 1.59. The van der Waals surface area contributed by atoms with Crippen molar-refractivity contribution in [1.29, 1.82) is 0 Å². The molecule has 29 heavy (non-hydrogen) atoms. The zero-order valence-corrected chi connectivity index (χ0v) is 16.8. The molecule has 0 saturated carbocycles. The van der Waals surface area contributed by atoms with Crippen molar-refractivity contribution < 1.29 is 19.0 Å². The first-order chi connectivity index (χ1) is 13.9. The van der Waals surface area contributed by atoms with Crippen molar-refractivity contribution in [3.05, 3.63) is 44.1 Å². The Kier molecular flexibility index (Phi) is 5.81. The second kappa shape index (κ2) is 8.29. The maximum atomic E-state index is 12.7. The van der Waals surface area contributed by atoms with E-state index in [2.05, 4.69) is 15.6 Å². The summed E-state index contributed by atoms with van der Waals surface area (Å²) in [7, 11) is 4.44. The molecule has 2 aromatic rings. The summed E-state index contributed by atoms with van der Waals surface area (Å²) in [4.78, 5) is 39.7. The summed E-state index contributed by atoms with van der Waals surface area (Å²) >= 11 is 0. The fourth-order valence-corrected chi connectivity index (χ4v) is 3.38. The molecular weight excluding hydrogens is 380 g/mol. The number of nitrogens with zero attached hydrogens (tertiary/aromatic N) is 1. The minimum absolute atomic E-state index is 0.190. The van der Waals surface area contributed by atoms with Crippen molar-refractivity contribution in [3.8, 4) is 17.2 Å². The van der Waals surface area contributed by atoms with Gasteiger partial charge in [-0.3, -0.25) is 19.7 Å². The predicted molar refractivity (Wildman–Crippen MR) is 106 cm³/mol. The van der Waals surface area contributed by atoms with Crippen LogP contribution in [0.15, 0.2) is 21.7 Å².